The number of ether oxygens (including phenoxy) is 1. The van der Waals surface area contributed by atoms with Crippen molar-refractivity contribution in [2.24, 2.45) is 11.8 Å². The van der Waals surface area contributed by atoms with Gasteiger partial charge in [-0.1, -0.05) is 0 Å². The van der Waals surface area contributed by atoms with E-state index in [0.29, 0.717) is 30.0 Å². The average molecular weight is 370 g/mol. The molecule has 1 saturated carbocycles. The Hall–Kier alpha value is -3.22. The zero-order chi connectivity index (χ0) is 19.4. The fraction of sp³-hybridized carbons (Fsp3) is 0.250. The second-order valence-corrected chi connectivity index (χ2v) is 6.23. The van der Waals surface area contributed by atoms with Gasteiger partial charge in [-0.25, -0.2) is 9.18 Å². The number of anilines is 2. The molecular weight excluding hydrogens is 351 g/mol. The zero-order valence-corrected chi connectivity index (χ0v) is 14.7. The van der Waals surface area contributed by atoms with E-state index in [4.69, 9.17) is 4.74 Å². The van der Waals surface area contributed by atoms with Gasteiger partial charge in [0.1, 0.15) is 5.82 Å². The molecule has 0 aromatic heterocycles. The first kappa shape index (κ1) is 18.6. The third-order valence-corrected chi connectivity index (χ3v) is 4.24. The van der Waals surface area contributed by atoms with Crippen LogP contribution >= 0.6 is 0 Å². The van der Waals surface area contributed by atoms with Gasteiger partial charge < -0.3 is 15.4 Å². The van der Waals surface area contributed by atoms with E-state index >= 15 is 0 Å². The molecule has 6 nitrogen and oxygen atoms in total. The van der Waals surface area contributed by atoms with Crippen LogP contribution in [0.2, 0.25) is 0 Å². The highest BCUT2D eigenvalue weighted by molar-refractivity contribution is 6.03. The second kappa shape index (κ2) is 7.99. The lowest BCUT2D eigenvalue weighted by molar-refractivity contribution is -0.122. The molecule has 2 aromatic carbocycles. The van der Waals surface area contributed by atoms with Gasteiger partial charge in [0.15, 0.2) is 0 Å². The molecule has 2 amide bonds. The summed E-state index contributed by atoms with van der Waals surface area (Å²) in [4.78, 5) is 36.1. The summed E-state index contributed by atoms with van der Waals surface area (Å²) in [7, 11) is 0. The minimum atomic E-state index is -0.421. The summed E-state index contributed by atoms with van der Waals surface area (Å²) >= 11 is 0. The van der Waals surface area contributed by atoms with Crippen molar-refractivity contribution in [3.05, 3.63) is 59.9 Å². The Labute approximate surface area is 155 Å². The Morgan fingerprint density at radius 2 is 1.41 bits per heavy atom. The van der Waals surface area contributed by atoms with E-state index in [2.05, 4.69) is 10.6 Å². The Balaban J connectivity index is 1.51. The van der Waals surface area contributed by atoms with Crippen LogP contribution in [0, 0.1) is 17.7 Å². The first-order chi connectivity index (χ1) is 13.0. The van der Waals surface area contributed by atoms with Gasteiger partial charge in [0.2, 0.25) is 11.8 Å². The van der Waals surface area contributed by atoms with Gasteiger partial charge in [-0.05, 0) is 61.9 Å². The summed E-state index contributed by atoms with van der Waals surface area (Å²) in [6.07, 6.45) is 0.458. The van der Waals surface area contributed by atoms with Crippen LogP contribution in [-0.2, 0) is 14.3 Å². The third kappa shape index (κ3) is 4.69. The number of hydrogen-bond acceptors (Lipinski definition) is 4. The van der Waals surface area contributed by atoms with Crippen LogP contribution in [-0.4, -0.2) is 24.4 Å². The van der Waals surface area contributed by atoms with Crippen molar-refractivity contribution < 1.29 is 23.5 Å². The lowest BCUT2D eigenvalue weighted by Crippen LogP contribution is -2.20. The quantitative estimate of drug-likeness (QED) is 0.765. The molecule has 0 bridgehead atoms. The molecule has 0 radical (unpaired) electrons. The van der Waals surface area contributed by atoms with Crippen molar-refractivity contribution in [2.75, 3.05) is 17.2 Å². The fourth-order valence-corrected chi connectivity index (χ4v) is 2.68. The van der Waals surface area contributed by atoms with Crippen molar-refractivity contribution in [2.45, 2.75) is 13.3 Å². The van der Waals surface area contributed by atoms with Gasteiger partial charge >= 0.3 is 5.97 Å². The number of benzene rings is 2. The molecule has 0 heterocycles. The minimum Gasteiger partial charge on any atom is -0.462 e. The van der Waals surface area contributed by atoms with Gasteiger partial charge in [0.05, 0.1) is 24.0 Å². The molecule has 0 saturated heterocycles. The van der Waals surface area contributed by atoms with Crippen LogP contribution < -0.4 is 10.6 Å². The topological polar surface area (TPSA) is 84.5 Å². The predicted molar refractivity (Wildman–Crippen MR) is 97.7 cm³/mol. The monoisotopic (exact) mass is 370 g/mol. The van der Waals surface area contributed by atoms with Gasteiger partial charge in [0.25, 0.3) is 0 Å². The van der Waals surface area contributed by atoms with Crippen molar-refractivity contribution >= 4 is 29.2 Å². The number of nitrogens with one attached hydrogen (secondary N) is 2. The zero-order valence-electron chi connectivity index (χ0n) is 14.7. The maximum absolute atomic E-state index is 12.9. The molecule has 7 heteroatoms. The standard InChI is InChI=1S/C20H19FN2O4/c1-2-27-20(26)12-3-7-14(8-4-12)22-18(24)16-11-17(16)19(25)23-15-9-5-13(21)6-10-15/h3-10,16-17H,2,11H2,1H3,(H,22,24)(H,23,25). The number of esters is 1. The van der Waals surface area contributed by atoms with Crippen LogP contribution in [0.25, 0.3) is 0 Å². The van der Waals surface area contributed by atoms with E-state index in [1.54, 1.807) is 31.2 Å². The molecule has 0 spiro atoms. The molecular formula is C20H19FN2O4. The highest BCUT2D eigenvalue weighted by Crippen LogP contribution is 2.40. The lowest BCUT2D eigenvalue weighted by atomic mass is 10.2. The van der Waals surface area contributed by atoms with Crippen molar-refractivity contribution in [3.63, 3.8) is 0 Å². The van der Waals surface area contributed by atoms with E-state index in [1.165, 1.54) is 24.3 Å². The van der Waals surface area contributed by atoms with E-state index < -0.39 is 17.8 Å². The van der Waals surface area contributed by atoms with Crippen LogP contribution in [0.1, 0.15) is 23.7 Å². The van der Waals surface area contributed by atoms with E-state index in [1.807, 2.05) is 0 Å². The van der Waals surface area contributed by atoms with Gasteiger partial charge in [-0.3, -0.25) is 9.59 Å². The highest BCUT2D eigenvalue weighted by atomic mass is 19.1. The number of carbonyl (C=O) groups is 3. The summed E-state index contributed by atoms with van der Waals surface area (Å²) in [6.45, 7) is 2.02. The van der Waals surface area contributed by atoms with Crippen molar-refractivity contribution in [1.29, 1.82) is 0 Å². The summed E-state index contributed by atoms with van der Waals surface area (Å²) in [6, 6.07) is 11.8. The van der Waals surface area contributed by atoms with E-state index in [0.717, 1.165) is 0 Å². The summed E-state index contributed by atoms with van der Waals surface area (Å²) < 4.78 is 17.8. The van der Waals surface area contributed by atoms with Crippen molar-refractivity contribution in [1.82, 2.24) is 0 Å². The second-order valence-electron chi connectivity index (χ2n) is 6.23. The average Bonchev–Trinajstić information content (AvgIpc) is 3.45. The highest BCUT2D eigenvalue weighted by Gasteiger charge is 2.48. The van der Waals surface area contributed by atoms with Crippen LogP contribution in [0.4, 0.5) is 15.8 Å². The normalized spacial score (nSPS) is 17.7. The Morgan fingerprint density at radius 1 is 0.926 bits per heavy atom. The molecule has 27 heavy (non-hydrogen) atoms. The minimum absolute atomic E-state index is 0.252. The Bertz CT molecular complexity index is 849. The largest absolute Gasteiger partial charge is 0.462 e. The van der Waals surface area contributed by atoms with Crippen LogP contribution in [0.3, 0.4) is 0 Å². The summed E-state index contributed by atoms with van der Waals surface area (Å²) in [5.74, 6) is -2.14. The van der Waals surface area contributed by atoms with E-state index in [-0.39, 0.29) is 17.6 Å². The number of amides is 2. The van der Waals surface area contributed by atoms with Gasteiger partial charge in [0, 0.05) is 11.4 Å². The maximum Gasteiger partial charge on any atom is 0.338 e. The maximum atomic E-state index is 12.9. The fourth-order valence-electron chi connectivity index (χ4n) is 2.68. The molecule has 1 fully saturated rings. The third-order valence-electron chi connectivity index (χ3n) is 4.24. The number of hydrogen-bond donors (Lipinski definition) is 2. The van der Waals surface area contributed by atoms with Crippen molar-refractivity contribution in [3.8, 4) is 0 Å². The van der Waals surface area contributed by atoms with E-state index in [9.17, 15) is 18.8 Å². The summed E-state index contributed by atoms with van der Waals surface area (Å²) in [5, 5.41) is 5.41. The molecule has 2 unspecified atom stereocenters. The first-order valence-corrected chi connectivity index (χ1v) is 8.62. The Morgan fingerprint density at radius 3 is 1.89 bits per heavy atom. The molecule has 140 valence electrons. The molecule has 0 aliphatic heterocycles. The molecule has 1 aliphatic rings. The van der Waals surface area contributed by atoms with Crippen LogP contribution in [0.15, 0.2) is 48.5 Å². The predicted octanol–water partition coefficient (Wildman–Crippen LogP) is 3.22. The molecule has 2 N–H and O–H groups in total. The molecule has 1 aliphatic carbocycles. The summed E-state index contributed by atoms with van der Waals surface area (Å²) in [5.41, 5.74) is 1.43. The molecule has 2 atom stereocenters. The van der Waals surface area contributed by atoms with Crippen LogP contribution in [0.5, 0.6) is 0 Å². The number of rotatable bonds is 6. The molecule has 3 rings (SSSR count). The Kier molecular flexibility index (Phi) is 5.49. The number of halogens is 1. The SMILES string of the molecule is CCOC(=O)c1ccc(NC(=O)C2CC2C(=O)Nc2ccc(F)cc2)cc1. The lowest BCUT2D eigenvalue weighted by Gasteiger charge is -2.07. The first-order valence-electron chi connectivity index (χ1n) is 8.62. The molecule has 2 aromatic rings. The van der Waals surface area contributed by atoms with Gasteiger partial charge in [-0.15, -0.1) is 0 Å². The van der Waals surface area contributed by atoms with Gasteiger partial charge in [-0.2, -0.15) is 0 Å². The smallest absolute Gasteiger partial charge is 0.338 e. The number of carbonyl (C=O) groups excluding carboxylic acids is 3.